The molecule has 2 heteroatoms. The molecule has 0 amide bonds. The predicted molar refractivity (Wildman–Crippen MR) is 29.5 cm³/mol. The van der Waals surface area contributed by atoms with E-state index >= 15 is 0 Å². The second kappa shape index (κ2) is 3.05. The van der Waals surface area contributed by atoms with Crippen LogP contribution in [0.2, 0.25) is 0 Å². The fourth-order valence-electron chi connectivity index (χ4n) is 0.462. The van der Waals surface area contributed by atoms with Gasteiger partial charge < -0.3 is 9.47 Å². The Morgan fingerprint density at radius 1 is 1.75 bits per heavy atom. The van der Waals surface area contributed by atoms with Crippen molar-refractivity contribution < 1.29 is 9.47 Å². The van der Waals surface area contributed by atoms with E-state index in [2.05, 4.69) is 0 Å². The zero-order valence-corrected chi connectivity index (χ0v) is 4.80. The van der Waals surface area contributed by atoms with Crippen LogP contribution in [-0.4, -0.2) is 25.9 Å². The van der Waals surface area contributed by atoms with Crippen molar-refractivity contribution in [2.45, 2.75) is 12.5 Å². The van der Waals surface area contributed by atoms with Gasteiger partial charge in [0.25, 0.3) is 0 Å². The van der Waals surface area contributed by atoms with E-state index in [9.17, 15) is 0 Å². The zero-order valence-electron chi connectivity index (χ0n) is 4.80. The quantitative estimate of drug-likeness (QED) is 0.392. The van der Waals surface area contributed by atoms with Crippen molar-refractivity contribution in [1.82, 2.24) is 0 Å². The van der Waals surface area contributed by atoms with E-state index in [0.29, 0.717) is 19.1 Å². The molecule has 1 saturated heterocycles. The van der Waals surface area contributed by atoms with Gasteiger partial charge >= 0.3 is 0 Å². The van der Waals surface area contributed by atoms with E-state index in [1.54, 1.807) is 0 Å². The highest BCUT2D eigenvalue weighted by Gasteiger charge is 2.21. The molecule has 0 saturated carbocycles. The smallest absolute Gasteiger partial charge is 0.104 e. The monoisotopic (exact) mass is 114 g/mol. The van der Waals surface area contributed by atoms with Crippen molar-refractivity contribution in [3.8, 4) is 0 Å². The number of hydrogen-bond donors (Lipinski definition) is 0. The molecule has 0 aliphatic carbocycles. The Bertz CT molecular complexity index is 59.5. The molecule has 46 valence electrons. The third-order valence-electron chi connectivity index (χ3n) is 0.968. The van der Waals surface area contributed by atoms with Crippen LogP contribution in [0.5, 0.6) is 0 Å². The van der Waals surface area contributed by atoms with Gasteiger partial charge in [0.05, 0.1) is 13.2 Å². The summed E-state index contributed by atoms with van der Waals surface area (Å²) < 4.78 is 9.95. The Balaban J connectivity index is 1.74. The molecule has 0 bridgehead atoms. The summed E-state index contributed by atoms with van der Waals surface area (Å²) in [7, 11) is 0. The molecule has 1 rings (SSSR count). The van der Waals surface area contributed by atoms with E-state index in [1.165, 1.54) is 0 Å². The molecule has 2 nitrogen and oxygen atoms in total. The van der Waals surface area contributed by atoms with E-state index in [1.807, 2.05) is 0 Å². The Morgan fingerprint density at radius 2 is 2.50 bits per heavy atom. The minimum atomic E-state index is 0.376. The summed E-state index contributed by atoms with van der Waals surface area (Å²) in [6, 6.07) is 0. The molecule has 2 radical (unpaired) electrons. The fraction of sp³-hybridized carbons (Fsp3) is 0.833. The molecule has 0 aromatic carbocycles. The van der Waals surface area contributed by atoms with Gasteiger partial charge in [-0.15, -0.1) is 0 Å². The highest BCUT2D eigenvalue weighted by atomic mass is 16.6. The first kappa shape index (κ1) is 6.05. The Labute approximate surface area is 49.8 Å². The number of ether oxygens (including phenoxy) is 2. The lowest BCUT2D eigenvalue weighted by Crippen LogP contribution is -2.01. The summed E-state index contributed by atoms with van der Waals surface area (Å²) in [6.07, 6.45) is 0.980. The van der Waals surface area contributed by atoms with E-state index in [0.717, 1.165) is 13.2 Å². The van der Waals surface area contributed by atoms with E-state index in [4.69, 9.17) is 16.4 Å². The summed E-state index contributed by atoms with van der Waals surface area (Å²) >= 11 is 0. The van der Waals surface area contributed by atoms with Crippen LogP contribution in [0.4, 0.5) is 0 Å². The molecular weight excluding hydrogens is 104 g/mol. The van der Waals surface area contributed by atoms with Crippen LogP contribution in [-0.2, 0) is 9.47 Å². The standard InChI is InChI=1S/C6H10O2/c1-2-3-7-4-6-5-8-6/h1,6H,2-5H2. The Morgan fingerprint density at radius 3 is 3.00 bits per heavy atom. The lowest BCUT2D eigenvalue weighted by Gasteiger charge is -1.95. The average molecular weight is 114 g/mol. The summed E-state index contributed by atoms with van der Waals surface area (Å²) in [4.78, 5) is 0. The minimum absolute atomic E-state index is 0.376. The molecule has 1 unspecified atom stereocenters. The Hall–Kier alpha value is -0.0800. The van der Waals surface area contributed by atoms with Gasteiger partial charge in [-0.2, -0.15) is 0 Å². The van der Waals surface area contributed by atoms with Crippen molar-refractivity contribution in [2.24, 2.45) is 0 Å². The second-order valence-corrected chi connectivity index (χ2v) is 1.82. The fourth-order valence-corrected chi connectivity index (χ4v) is 0.462. The molecule has 1 heterocycles. The maximum atomic E-state index is 5.17. The molecule has 1 aliphatic rings. The molecule has 1 atom stereocenters. The topological polar surface area (TPSA) is 21.8 Å². The van der Waals surface area contributed by atoms with Gasteiger partial charge in [-0.3, -0.25) is 0 Å². The maximum Gasteiger partial charge on any atom is 0.104 e. The van der Waals surface area contributed by atoms with Gasteiger partial charge in [0.2, 0.25) is 0 Å². The van der Waals surface area contributed by atoms with Crippen LogP contribution in [0, 0.1) is 6.92 Å². The van der Waals surface area contributed by atoms with Crippen LogP contribution in [0.15, 0.2) is 0 Å². The van der Waals surface area contributed by atoms with Crippen LogP contribution >= 0.6 is 0 Å². The van der Waals surface area contributed by atoms with Crippen molar-refractivity contribution in [3.05, 3.63) is 6.92 Å². The largest absolute Gasteiger partial charge is 0.379 e. The van der Waals surface area contributed by atoms with Crippen LogP contribution in [0.3, 0.4) is 0 Å². The van der Waals surface area contributed by atoms with E-state index < -0.39 is 0 Å². The SMILES string of the molecule is [CH]CCOCC1CO1. The number of rotatable bonds is 4. The molecule has 0 spiro atoms. The van der Waals surface area contributed by atoms with Crippen LogP contribution < -0.4 is 0 Å². The molecule has 0 aromatic heterocycles. The van der Waals surface area contributed by atoms with Gasteiger partial charge in [-0.25, -0.2) is 0 Å². The second-order valence-electron chi connectivity index (χ2n) is 1.82. The highest BCUT2D eigenvalue weighted by Crippen LogP contribution is 2.08. The van der Waals surface area contributed by atoms with E-state index in [-0.39, 0.29) is 0 Å². The van der Waals surface area contributed by atoms with Gasteiger partial charge in [0.15, 0.2) is 0 Å². The number of hydrogen-bond acceptors (Lipinski definition) is 2. The lowest BCUT2D eigenvalue weighted by molar-refractivity contribution is 0.120. The summed E-state index contributed by atoms with van der Waals surface area (Å²) in [5.41, 5.74) is 0. The van der Waals surface area contributed by atoms with Crippen LogP contribution in [0.1, 0.15) is 6.42 Å². The summed E-state index contributed by atoms with van der Waals surface area (Å²) in [5, 5.41) is 0. The molecule has 8 heavy (non-hydrogen) atoms. The molecule has 0 aromatic rings. The van der Waals surface area contributed by atoms with Crippen molar-refractivity contribution >= 4 is 0 Å². The molecular formula is C6H10O2. The van der Waals surface area contributed by atoms with Gasteiger partial charge in [-0.05, 0) is 13.3 Å². The summed E-state index contributed by atoms with van der Waals surface area (Å²) in [6.45, 7) is 7.41. The third-order valence-corrected chi connectivity index (χ3v) is 0.968. The lowest BCUT2D eigenvalue weighted by atomic mass is 10.5. The van der Waals surface area contributed by atoms with Crippen molar-refractivity contribution in [3.63, 3.8) is 0 Å². The highest BCUT2D eigenvalue weighted by molar-refractivity contribution is 4.66. The predicted octanol–water partition coefficient (Wildman–Crippen LogP) is 0.503. The zero-order chi connectivity index (χ0) is 5.82. The Kier molecular flexibility index (Phi) is 2.30. The first-order chi connectivity index (χ1) is 3.93. The minimum Gasteiger partial charge on any atom is -0.379 e. The first-order valence-corrected chi connectivity index (χ1v) is 2.83. The maximum absolute atomic E-state index is 5.17. The van der Waals surface area contributed by atoms with Crippen LogP contribution in [0.25, 0.3) is 0 Å². The van der Waals surface area contributed by atoms with Crippen molar-refractivity contribution in [1.29, 1.82) is 0 Å². The van der Waals surface area contributed by atoms with Gasteiger partial charge in [-0.1, -0.05) is 0 Å². The van der Waals surface area contributed by atoms with Gasteiger partial charge in [0, 0.05) is 6.61 Å². The average Bonchev–Trinajstić information content (AvgIpc) is 2.51. The normalized spacial score (nSPS) is 25.9. The molecule has 1 aliphatic heterocycles. The van der Waals surface area contributed by atoms with Gasteiger partial charge in [0.1, 0.15) is 6.10 Å². The number of epoxide rings is 1. The molecule has 1 fully saturated rings. The third kappa shape index (κ3) is 2.28. The molecule has 0 N–H and O–H groups in total. The first-order valence-electron chi connectivity index (χ1n) is 2.83. The summed E-state index contributed by atoms with van der Waals surface area (Å²) in [5.74, 6) is 0. The van der Waals surface area contributed by atoms with Crippen molar-refractivity contribution in [2.75, 3.05) is 19.8 Å².